The molecule has 0 rings (SSSR count). The Balaban J connectivity index is -0.0000000133. The van der Waals surface area contributed by atoms with E-state index in [0.717, 1.165) is 0 Å². The zero-order chi connectivity index (χ0) is 4.50. The standard InChI is InChI=1S/Mg.2H2O.2O.Pb.W.4H/h;2*1H2;;;;;;;;/q+2;;;;;;+2;;;2*-1/p-2. The molecule has 7 heteroatoms. The Hall–Kier alpha value is 1.90. The van der Waals surface area contributed by atoms with Crippen molar-refractivity contribution in [3.8, 4) is 0 Å². The first-order valence-electron chi connectivity index (χ1n) is 0.698. The second kappa shape index (κ2) is 6.02. The molecule has 0 aromatic carbocycles. The van der Waals surface area contributed by atoms with Crippen LogP contribution in [0.4, 0.5) is 0 Å². The number of hydrogen-bond acceptors (Lipinski definition) is 2. The van der Waals surface area contributed by atoms with Crippen LogP contribution in [0.5, 0.6) is 0 Å². The van der Waals surface area contributed by atoms with Gasteiger partial charge in [-0.2, -0.15) is 0 Å². The minimum absolute atomic E-state index is 0. The van der Waals surface area contributed by atoms with Gasteiger partial charge in [-0.1, -0.05) is 0 Å². The summed E-state index contributed by atoms with van der Waals surface area (Å²) in [4.78, 5) is 0. The Kier molecular flexibility index (Phi) is 13.7. The van der Waals surface area contributed by atoms with Gasteiger partial charge < -0.3 is 2.85 Å². The summed E-state index contributed by atoms with van der Waals surface area (Å²) >= 11 is -5.67. The van der Waals surface area contributed by atoms with Crippen molar-refractivity contribution in [1.29, 1.82) is 0 Å². The van der Waals surface area contributed by atoms with Crippen molar-refractivity contribution < 1.29 is 33.9 Å². The molecule has 0 aromatic rings. The predicted molar refractivity (Wildman–Crippen MR) is 22.3 cm³/mol. The molecule has 0 atom stereocenters. The van der Waals surface area contributed by atoms with Crippen LogP contribution in [0.2, 0.25) is 0 Å². The van der Waals surface area contributed by atoms with Gasteiger partial charge in [0.05, 0.1) is 0 Å². The fraction of sp³-hybridized carbons (Fsp3) is 0. The zero-order valence-corrected chi connectivity index (χ0v) is 13.4. The van der Waals surface area contributed by atoms with Gasteiger partial charge in [0.1, 0.15) is 0 Å². The molecule has 2 radical (unpaired) electrons. The molecule has 0 saturated heterocycles. The Morgan fingerprint density at radius 1 is 1.29 bits per heavy atom. The van der Waals surface area contributed by atoms with Crippen molar-refractivity contribution in [2.24, 2.45) is 0 Å². The molecule has 0 aromatic heterocycles. The summed E-state index contributed by atoms with van der Waals surface area (Å²) in [6.07, 6.45) is 0. The van der Waals surface area contributed by atoms with Crippen LogP contribution in [0.15, 0.2) is 0 Å². The first kappa shape index (κ1) is 16.0. The van der Waals surface area contributed by atoms with Crippen LogP contribution in [0.1, 0.15) is 2.85 Å². The second-order valence-electron chi connectivity index (χ2n) is 0.448. The zero-order valence-electron chi connectivity index (χ0n) is 5.53. The van der Waals surface area contributed by atoms with E-state index in [-0.39, 0.29) is 53.2 Å². The van der Waals surface area contributed by atoms with Crippen LogP contribution in [0.3, 0.4) is 0 Å². The average molecular weight is 485 g/mol. The van der Waals surface area contributed by atoms with E-state index in [1.165, 1.54) is 0 Å². The van der Waals surface area contributed by atoms with Gasteiger partial charge >= 0.3 is 81.4 Å². The third-order valence-electron chi connectivity index (χ3n) is 0. The van der Waals surface area contributed by atoms with Gasteiger partial charge in [0, 0.05) is 0 Å². The van der Waals surface area contributed by atoms with E-state index in [1.807, 2.05) is 0 Å². The second-order valence-corrected chi connectivity index (χ2v) is 3.67. The van der Waals surface area contributed by atoms with Crippen molar-refractivity contribution in [3.63, 3.8) is 0 Å². The molecular weight excluding hydrogens is 479 g/mol. The molecule has 0 amide bonds. The van der Waals surface area contributed by atoms with Crippen molar-refractivity contribution in [3.05, 3.63) is 0 Å². The molecule has 0 bridgehead atoms. The summed E-state index contributed by atoms with van der Waals surface area (Å²) in [5.41, 5.74) is 0. The van der Waals surface area contributed by atoms with Gasteiger partial charge in [-0.25, -0.2) is 0 Å². The van der Waals surface area contributed by atoms with Crippen LogP contribution >= 0.6 is 0 Å². The fourth-order valence-electron chi connectivity index (χ4n) is 0. The molecule has 7 heavy (non-hydrogen) atoms. The molecule has 0 spiro atoms. The van der Waals surface area contributed by atoms with E-state index >= 15 is 0 Å². The third kappa shape index (κ3) is 76.3. The summed E-state index contributed by atoms with van der Waals surface area (Å²) in [6.45, 7) is 0. The number of rotatable bonds is 0. The van der Waals surface area contributed by atoms with E-state index in [1.54, 1.807) is 0 Å². The fourth-order valence-corrected chi connectivity index (χ4v) is 0. The van der Waals surface area contributed by atoms with Crippen LogP contribution in [0, 0.1) is 0 Å². The molecule has 0 aliphatic heterocycles. The molecule has 2 N–H and O–H groups in total. The monoisotopic (exact) mass is 486 g/mol. The Labute approximate surface area is 83.3 Å². The molecule has 0 aliphatic carbocycles. The first-order chi connectivity index (χ1) is 2.00. The Bertz CT molecular complexity index is 102. The summed E-state index contributed by atoms with van der Waals surface area (Å²) in [5.74, 6) is 0. The Morgan fingerprint density at radius 2 is 1.29 bits per heavy atom. The maximum absolute atomic E-state index is 8.87. The van der Waals surface area contributed by atoms with Gasteiger partial charge in [0.2, 0.25) is 0 Å². The molecule has 0 fully saturated rings. The molecule has 0 aliphatic rings. The van der Waals surface area contributed by atoms with Crippen LogP contribution in [0.25, 0.3) is 0 Å². The van der Waals surface area contributed by atoms with Gasteiger partial charge in [-0.05, 0) is 0 Å². The summed E-state index contributed by atoms with van der Waals surface area (Å²) in [5, 5.41) is 0. The quantitative estimate of drug-likeness (QED) is 0.375. The predicted octanol–water partition coefficient (Wildman–Crippen LogP) is -2.43. The summed E-state index contributed by atoms with van der Waals surface area (Å²) < 4.78 is 32.1. The topological polar surface area (TPSA) is 74.6 Å². The van der Waals surface area contributed by atoms with Crippen LogP contribution in [-0.4, -0.2) is 57.9 Å². The van der Waals surface area contributed by atoms with Crippen molar-refractivity contribution in [2.45, 2.75) is 0 Å². The molecule has 0 unspecified atom stereocenters. The SMILES string of the molecule is [H-].[H-].[Mg+2].[O]=[W](=[O])([OH])[OH].[PbH2]. The normalized spacial score (nSPS) is 8.29. The van der Waals surface area contributed by atoms with E-state index in [4.69, 9.17) is 14.3 Å². The maximum atomic E-state index is 8.87. The minimum atomic E-state index is -5.67. The molecular formula is H6MgO4PbW. The molecule has 0 heterocycles. The average Bonchev–Trinajstić information content (AvgIpc) is 0.722. The van der Waals surface area contributed by atoms with E-state index in [0.29, 0.717) is 0 Å². The van der Waals surface area contributed by atoms with E-state index < -0.39 is 16.7 Å². The van der Waals surface area contributed by atoms with Crippen LogP contribution < -0.4 is 0 Å². The van der Waals surface area contributed by atoms with Gasteiger partial charge in [0.15, 0.2) is 0 Å². The third-order valence-corrected chi connectivity index (χ3v) is 0. The molecule has 42 valence electrons. The van der Waals surface area contributed by atoms with Crippen molar-refractivity contribution in [1.82, 2.24) is 0 Å². The van der Waals surface area contributed by atoms with Crippen molar-refractivity contribution >= 4 is 50.4 Å². The number of hydrogen-bond donors (Lipinski definition) is 2. The van der Waals surface area contributed by atoms with Crippen molar-refractivity contribution in [2.75, 3.05) is 0 Å². The summed E-state index contributed by atoms with van der Waals surface area (Å²) in [6, 6.07) is 0. The first-order valence-corrected chi connectivity index (χ1v) is 5.72. The summed E-state index contributed by atoms with van der Waals surface area (Å²) in [7, 11) is 0. The van der Waals surface area contributed by atoms with Gasteiger partial charge in [-0.15, -0.1) is 0 Å². The van der Waals surface area contributed by atoms with E-state index in [2.05, 4.69) is 0 Å². The Morgan fingerprint density at radius 3 is 1.29 bits per heavy atom. The van der Waals surface area contributed by atoms with E-state index in [9.17, 15) is 0 Å². The molecule has 4 nitrogen and oxygen atoms in total. The van der Waals surface area contributed by atoms with Gasteiger partial charge in [-0.3, -0.25) is 0 Å². The molecule has 0 saturated carbocycles. The van der Waals surface area contributed by atoms with Gasteiger partial charge in [0.25, 0.3) is 0 Å². The van der Waals surface area contributed by atoms with Crippen LogP contribution in [-0.2, 0) is 23.5 Å².